The predicted molar refractivity (Wildman–Crippen MR) is 80.2 cm³/mol. The van der Waals surface area contributed by atoms with Crippen LogP contribution >= 0.6 is 11.8 Å². The largest absolute Gasteiger partial charge is 0.393 e. The van der Waals surface area contributed by atoms with Gasteiger partial charge in [-0.25, -0.2) is 0 Å². The first kappa shape index (κ1) is 14.2. The van der Waals surface area contributed by atoms with E-state index in [1.165, 1.54) is 25.7 Å². The minimum absolute atomic E-state index is 0.0233. The standard InChI is InChI=1S/C14H20N2O2S/c1-10-3-2-4-12(7-10)19-9-11-5-6-13(15)14(8-11)16(17)18/h5-6,8,10,12H,2-4,7,9,15H2,1H3. The van der Waals surface area contributed by atoms with Crippen LogP contribution in [0.2, 0.25) is 0 Å². The van der Waals surface area contributed by atoms with Crippen molar-refractivity contribution in [3.05, 3.63) is 33.9 Å². The van der Waals surface area contributed by atoms with Crippen LogP contribution in [0.4, 0.5) is 11.4 Å². The number of rotatable bonds is 4. The molecule has 0 amide bonds. The highest BCUT2D eigenvalue weighted by Crippen LogP contribution is 2.34. The highest BCUT2D eigenvalue weighted by atomic mass is 32.2. The minimum Gasteiger partial charge on any atom is -0.393 e. The first-order valence-electron chi connectivity index (χ1n) is 6.70. The van der Waals surface area contributed by atoms with Crippen LogP contribution in [0.5, 0.6) is 0 Å². The molecule has 0 bridgehead atoms. The van der Waals surface area contributed by atoms with Crippen molar-refractivity contribution in [3.63, 3.8) is 0 Å². The van der Waals surface area contributed by atoms with Gasteiger partial charge < -0.3 is 5.73 Å². The molecule has 1 aliphatic rings. The van der Waals surface area contributed by atoms with Crippen LogP contribution < -0.4 is 5.73 Å². The zero-order valence-corrected chi connectivity index (χ0v) is 12.0. The van der Waals surface area contributed by atoms with Crippen molar-refractivity contribution < 1.29 is 4.92 Å². The van der Waals surface area contributed by atoms with Gasteiger partial charge in [0.1, 0.15) is 5.69 Å². The van der Waals surface area contributed by atoms with E-state index in [0.29, 0.717) is 5.25 Å². The summed E-state index contributed by atoms with van der Waals surface area (Å²) in [5, 5.41) is 11.5. The summed E-state index contributed by atoms with van der Waals surface area (Å²) in [5.41, 5.74) is 6.85. The van der Waals surface area contributed by atoms with Crippen molar-refractivity contribution in [2.75, 3.05) is 5.73 Å². The zero-order chi connectivity index (χ0) is 13.8. The molecular weight excluding hydrogens is 260 g/mol. The molecule has 1 saturated carbocycles. The summed E-state index contributed by atoms with van der Waals surface area (Å²) >= 11 is 1.92. The molecule has 19 heavy (non-hydrogen) atoms. The average Bonchev–Trinajstić information content (AvgIpc) is 2.37. The lowest BCUT2D eigenvalue weighted by Gasteiger charge is -2.26. The van der Waals surface area contributed by atoms with Gasteiger partial charge in [-0.15, -0.1) is 0 Å². The molecule has 4 nitrogen and oxygen atoms in total. The predicted octanol–water partition coefficient (Wildman–Crippen LogP) is 3.99. The first-order chi connectivity index (χ1) is 9.06. The average molecular weight is 280 g/mol. The highest BCUT2D eigenvalue weighted by molar-refractivity contribution is 7.99. The molecule has 0 spiro atoms. The van der Waals surface area contributed by atoms with Crippen LogP contribution in [0.3, 0.4) is 0 Å². The molecule has 2 N–H and O–H groups in total. The molecular formula is C14H20N2O2S. The van der Waals surface area contributed by atoms with Crippen LogP contribution in [0.15, 0.2) is 18.2 Å². The summed E-state index contributed by atoms with van der Waals surface area (Å²) in [6.45, 7) is 2.31. The highest BCUT2D eigenvalue weighted by Gasteiger charge is 2.19. The number of nitro benzene ring substituents is 1. The third-order valence-corrected chi connectivity index (χ3v) is 5.07. The summed E-state index contributed by atoms with van der Waals surface area (Å²) in [6.07, 6.45) is 5.18. The Labute approximate surface area is 117 Å². The van der Waals surface area contributed by atoms with E-state index in [9.17, 15) is 10.1 Å². The second kappa shape index (κ2) is 6.28. The van der Waals surface area contributed by atoms with Gasteiger partial charge in [-0.1, -0.05) is 25.8 Å². The van der Waals surface area contributed by atoms with Gasteiger partial charge in [-0.3, -0.25) is 10.1 Å². The van der Waals surface area contributed by atoms with Gasteiger partial charge in [0, 0.05) is 17.1 Å². The molecule has 1 aromatic rings. The Morgan fingerprint density at radius 3 is 2.95 bits per heavy atom. The Bertz CT molecular complexity index is 465. The maximum absolute atomic E-state index is 10.8. The topological polar surface area (TPSA) is 69.2 Å². The third kappa shape index (κ3) is 3.86. The second-order valence-electron chi connectivity index (χ2n) is 5.36. The number of nitro groups is 1. The molecule has 1 fully saturated rings. The number of hydrogen-bond donors (Lipinski definition) is 1. The zero-order valence-electron chi connectivity index (χ0n) is 11.2. The van der Waals surface area contributed by atoms with Crippen LogP contribution in [-0.4, -0.2) is 10.2 Å². The quantitative estimate of drug-likeness (QED) is 0.514. The molecule has 104 valence electrons. The third-order valence-electron chi connectivity index (χ3n) is 3.67. The van der Waals surface area contributed by atoms with Crippen molar-refractivity contribution >= 4 is 23.1 Å². The summed E-state index contributed by atoms with van der Waals surface area (Å²) in [7, 11) is 0. The first-order valence-corrected chi connectivity index (χ1v) is 7.75. The lowest BCUT2D eigenvalue weighted by atomic mass is 9.91. The summed E-state index contributed by atoms with van der Waals surface area (Å²) in [6, 6.07) is 5.13. The number of benzene rings is 1. The van der Waals surface area contributed by atoms with Crippen LogP contribution in [-0.2, 0) is 5.75 Å². The van der Waals surface area contributed by atoms with E-state index in [0.717, 1.165) is 17.2 Å². The number of thioether (sulfide) groups is 1. The summed E-state index contributed by atoms with van der Waals surface area (Å²) < 4.78 is 0. The maximum Gasteiger partial charge on any atom is 0.292 e. The van der Waals surface area contributed by atoms with E-state index in [4.69, 9.17) is 5.73 Å². The van der Waals surface area contributed by atoms with Crippen molar-refractivity contribution in [3.8, 4) is 0 Å². The molecule has 1 aliphatic carbocycles. The molecule has 5 heteroatoms. The molecule has 0 radical (unpaired) electrons. The smallest absolute Gasteiger partial charge is 0.292 e. The lowest BCUT2D eigenvalue weighted by molar-refractivity contribution is -0.383. The van der Waals surface area contributed by atoms with Gasteiger partial charge in [0.2, 0.25) is 0 Å². The van der Waals surface area contributed by atoms with Gasteiger partial charge in [0.15, 0.2) is 0 Å². The fourth-order valence-corrected chi connectivity index (χ4v) is 3.99. The van der Waals surface area contributed by atoms with Crippen molar-refractivity contribution in [2.45, 2.75) is 43.6 Å². The normalized spacial score (nSPS) is 23.2. The van der Waals surface area contributed by atoms with E-state index in [2.05, 4.69) is 6.92 Å². The van der Waals surface area contributed by atoms with Crippen molar-refractivity contribution in [1.29, 1.82) is 0 Å². The second-order valence-corrected chi connectivity index (χ2v) is 6.64. The fourth-order valence-electron chi connectivity index (χ4n) is 2.58. The van der Waals surface area contributed by atoms with Crippen LogP contribution in [0.1, 0.15) is 38.2 Å². The Balaban J connectivity index is 1.96. The number of nitrogens with two attached hydrogens (primary N) is 1. The monoisotopic (exact) mass is 280 g/mol. The molecule has 0 aliphatic heterocycles. The van der Waals surface area contributed by atoms with E-state index in [1.54, 1.807) is 12.1 Å². The van der Waals surface area contributed by atoms with Crippen molar-refractivity contribution in [1.82, 2.24) is 0 Å². The lowest BCUT2D eigenvalue weighted by Crippen LogP contribution is -2.15. The number of hydrogen-bond acceptors (Lipinski definition) is 4. The number of nitrogen functional groups attached to an aromatic ring is 1. The summed E-state index contributed by atoms with van der Waals surface area (Å²) in [5.74, 6) is 1.64. The van der Waals surface area contributed by atoms with E-state index >= 15 is 0 Å². The Morgan fingerprint density at radius 1 is 1.47 bits per heavy atom. The molecule has 1 aromatic carbocycles. The van der Waals surface area contributed by atoms with Crippen molar-refractivity contribution in [2.24, 2.45) is 5.92 Å². The number of anilines is 1. The Hall–Kier alpha value is -1.23. The molecule has 2 atom stereocenters. The fraction of sp³-hybridized carbons (Fsp3) is 0.571. The van der Waals surface area contributed by atoms with Gasteiger partial charge in [0.05, 0.1) is 4.92 Å². The van der Waals surface area contributed by atoms with Crippen LogP contribution in [0, 0.1) is 16.0 Å². The summed E-state index contributed by atoms with van der Waals surface area (Å²) in [4.78, 5) is 10.4. The maximum atomic E-state index is 10.8. The van der Waals surface area contributed by atoms with Gasteiger partial charge in [-0.2, -0.15) is 11.8 Å². The minimum atomic E-state index is -0.411. The van der Waals surface area contributed by atoms with Gasteiger partial charge >= 0.3 is 0 Å². The number of nitrogens with zero attached hydrogens (tertiary/aromatic N) is 1. The molecule has 0 heterocycles. The van der Waals surface area contributed by atoms with Crippen LogP contribution in [0.25, 0.3) is 0 Å². The van der Waals surface area contributed by atoms with E-state index in [1.807, 2.05) is 17.8 Å². The van der Waals surface area contributed by atoms with Gasteiger partial charge in [0.25, 0.3) is 5.69 Å². The SMILES string of the molecule is CC1CCCC(SCc2ccc(N)c([N+](=O)[O-])c2)C1. The Kier molecular flexibility index (Phi) is 4.69. The Morgan fingerprint density at radius 2 is 2.26 bits per heavy atom. The molecule has 0 saturated heterocycles. The molecule has 2 unspecified atom stereocenters. The van der Waals surface area contributed by atoms with E-state index in [-0.39, 0.29) is 11.4 Å². The van der Waals surface area contributed by atoms with E-state index < -0.39 is 4.92 Å². The molecule has 0 aromatic heterocycles. The van der Waals surface area contributed by atoms with Gasteiger partial charge in [-0.05, 0) is 30.4 Å². The molecule has 2 rings (SSSR count).